The monoisotopic (exact) mass is 251 g/mol. The zero-order valence-electron chi connectivity index (χ0n) is 9.13. The molecule has 6 heteroatoms. The highest BCUT2D eigenvalue weighted by molar-refractivity contribution is 7.07. The summed E-state index contributed by atoms with van der Waals surface area (Å²) < 4.78 is 12.9. The van der Waals surface area contributed by atoms with Crippen LogP contribution in [0.1, 0.15) is 16.1 Å². The summed E-state index contributed by atoms with van der Waals surface area (Å²) in [7, 11) is 1.65. The largest absolute Gasteiger partial charge is 0.336 e. The van der Waals surface area contributed by atoms with Gasteiger partial charge in [0, 0.05) is 30.3 Å². The number of hydrogen-bond acceptors (Lipinski definition) is 4. The van der Waals surface area contributed by atoms with Crippen molar-refractivity contribution in [3.8, 4) is 0 Å². The van der Waals surface area contributed by atoms with Gasteiger partial charge in [0.15, 0.2) is 0 Å². The van der Waals surface area contributed by atoms with Crippen LogP contribution in [0.3, 0.4) is 0 Å². The van der Waals surface area contributed by atoms with E-state index in [0.717, 1.165) is 11.8 Å². The van der Waals surface area contributed by atoms with Crippen molar-refractivity contribution in [2.75, 3.05) is 7.05 Å². The summed E-state index contributed by atoms with van der Waals surface area (Å²) in [5.74, 6) is -0.905. The van der Waals surface area contributed by atoms with Crippen molar-refractivity contribution in [2.45, 2.75) is 6.54 Å². The van der Waals surface area contributed by atoms with Gasteiger partial charge in [0.1, 0.15) is 0 Å². The lowest BCUT2D eigenvalue weighted by atomic mass is 10.2. The molecular formula is C11H10FN3OS. The Hall–Kier alpha value is -1.82. The Labute approximate surface area is 102 Å². The minimum absolute atomic E-state index is 0.251. The van der Waals surface area contributed by atoms with E-state index < -0.39 is 5.95 Å². The summed E-state index contributed by atoms with van der Waals surface area (Å²) in [5.41, 5.74) is 2.82. The van der Waals surface area contributed by atoms with Crippen molar-refractivity contribution in [3.63, 3.8) is 0 Å². The van der Waals surface area contributed by atoms with Gasteiger partial charge >= 0.3 is 0 Å². The highest BCUT2D eigenvalue weighted by atomic mass is 32.1. The second kappa shape index (κ2) is 5.01. The molecule has 0 fully saturated rings. The van der Waals surface area contributed by atoms with Crippen LogP contribution in [0.25, 0.3) is 0 Å². The van der Waals surface area contributed by atoms with Gasteiger partial charge in [0.05, 0.1) is 17.7 Å². The number of rotatable bonds is 3. The molecule has 1 amide bonds. The third-order valence-electron chi connectivity index (χ3n) is 2.20. The van der Waals surface area contributed by atoms with E-state index in [1.807, 2.05) is 5.38 Å². The Bertz CT molecular complexity index is 515. The van der Waals surface area contributed by atoms with Gasteiger partial charge in [-0.05, 0) is 6.07 Å². The lowest BCUT2D eigenvalue weighted by Crippen LogP contribution is -2.26. The molecule has 0 aliphatic rings. The molecule has 4 nitrogen and oxygen atoms in total. The summed E-state index contributed by atoms with van der Waals surface area (Å²) in [6.07, 6.45) is 1.28. The molecule has 0 radical (unpaired) electrons. The maximum Gasteiger partial charge on any atom is 0.254 e. The SMILES string of the molecule is CN(Cc1cscn1)C(=O)c1ccnc(F)c1. The Balaban J connectivity index is 2.09. The summed E-state index contributed by atoms with van der Waals surface area (Å²) in [6, 6.07) is 2.61. The van der Waals surface area contributed by atoms with Gasteiger partial charge in [-0.2, -0.15) is 4.39 Å². The van der Waals surface area contributed by atoms with Gasteiger partial charge in [0.25, 0.3) is 5.91 Å². The Morgan fingerprint density at radius 2 is 2.35 bits per heavy atom. The van der Waals surface area contributed by atoms with Crippen LogP contribution in [-0.2, 0) is 6.54 Å². The molecule has 0 saturated heterocycles. The number of nitrogens with zero attached hydrogens (tertiary/aromatic N) is 3. The minimum Gasteiger partial charge on any atom is -0.336 e. The molecule has 2 heterocycles. The lowest BCUT2D eigenvalue weighted by Gasteiger charge is -2.15. The summed E-state index contributed by atoms with van der Waals surface area (Å²) >= 11 is 1.47. The number of amides is 1. The van der Waals surface area contributed by atoms with E-state index in [1.54, 1.807) is 12.6 Å². The van der Waals surface area contributed by atoms with Gasteiger partial charge in [0.2, 0.25) is 5.95 Å². The molecule has 0 aliphatic heterocycles. The first-order valence-corrected chi connectivity index (χ1v) is 5.85. The van der Waals surface area contributed by atoms with Crippen molar-refractivity contribution in [2.24, 2.45) is 0 Å². The highest BCUT2D eigenvalue weighted by Crippen LogP contribution is 2.09. The number of carbonyl (C=O) groups excluding carboxylic acids is 1. The molecule has 0 N–H and O–H groups in total. The third-order valence-corrected chi connectivity index (χ3v) is 2.84. The molecule has 0 aromatic carbocycles. The topological polar surface area (TPSA) is 46.1 Å². The van der Waals surface area contributed by atoms with E-state index in [2.05, 4.69) is 9.97 Å². The van der Waals surface area contributed by atoms with E-state index in [-0.39, 0.29) is 11.5 Å². The molecule has 17 heavy (non-hydrogen) atoms. The minimum atomic E-state index is -0.655. The Kier molecular flexibility index (Phi) is 3.43. The van der Waals surface area contributed by atoms with Crippen LogP contribution < -0.4 is 0 Å². The Morgan fingerprint density at radius 1 is 1.53 bits per heavy atom. The number of hydrogen-bond donors (Lipinski definition) is 0. The van der Waals surface area contributed by atoms with Crippen LogP contribution in [0.2, 0.25) is 0 Å². The third kappa shape index (κ3) is 2.85. The zero-order valence-corrected chi connectivity index (χ0v) is 9.95. The fourth-order valence-electron chi connectivity index (χ4n) is 1.39. The average molecular weight is 251 g/mol. The molecule has 88 valence electrons. The van der Waals surface area contributed by atoms with E-state index in [0.29, 0.717) is 6.54 Å². The summed E-state index contributed by atoms with van der Waals surface area (Å²) in [4.78, 5) is 20.9. The normalized spacial score (nSPS) is 10.2. The lowest BCUT2D eigenvalue weighted by molar-refractivity contribution is 0.0783. The first-order chi connectivity index (χ1) is 8.16. The molecule has 2 aromatic heterocycles. The fourth-order valence-corrected chi connectivity index (χ4v) is 1.94. The number of halogens is 1. The van der Waals surface area contributed by atoms with Crippen LogP contribution in [0, 0.1) is 5.95 Å². The molecule has 0 atom stereocenters. The van der Waals surface area contributed by atoms with Crippen LogP contribution in [0.5, 0.6) is 0 Å². The number of thiazole rings is 1. The second-order valence-corrected chi connectivity index (χ2v) is 4.23. The zero-order chi connectivity index (χ0) is 12.3. The van der Waals surface area contributed by atoms with Crippen LogP contribution in [0.15, 0.2) is 29.2 Å². The molecular weight excluding hydrogens is 241 g/mol. The van der Waals surface area contributed by atoms with Crippen molar-refractivity contribution in [1.29, 1.82) is 0 Å². The molecule has 0 unspecified atom stereocenters. The van der Waals surface area contributed by atoms with E-state index in [9.17, 15) is 9.18 Å². The summed E-state index contributed by atoms with van der Waals surface area (Å²) in [6.45, 7) is 0.409. The van der Waals surface area contributed by atoms with Crippen LogP contribution in [-0.4, -0.2) is 27.8 Å². The molecule has 2 rings (SSSR count). The maximum atomic E-state index is 12.9. The molecule has 0 saturated carbocycles. The first kappa shape index (κ1) is 11.7. The van der Waals surface area contributed by atoms with Crippen molar-refractivity contribution < 1.29 is 9.18 Å². The van der Waals surface area contributed by atoms with Gasteiger partial charge in [-0.25, -0.2) is 9.97 Å². The average Bonchev–Trinajstić information content (AvgIpc) is 2.80. The quantitative estimate of drug-likeness (QED) is 0.783. The fraction of sp³-hybridized carbons (Fsp3) is 0.182. The van der Waals surface area contributed by atoms with E-state index in [1.165, 1.54) is 28.5 Å². The maximum absolute atomic E-state index is 12.9. The highest BCUT2D eigenvalue weighted by Gasteiger charge is 2.13. The first-order valence-electron chi connectivity index (χ1n) is 4.91. The van der Waals surface area contributed by atoms with Crippen LogP contribution in [0.4, 0.5) is 4.39 Å². The van der Waals surface area contributed by atoms with Gasteiger partial charge in [-0.1, -0.05) is 0 Å². The van der Waals surface area contributed by atoms with E-state index in [4.69, 9.17) is 0 Å². The number of carbonyl (C=O) groups is 1. The Morgan fingerprint density at radius 3 is 3.00 bits per heavy atom. The van der Waals surface area contributed by atoms with Crippen molar-refractivity contribution in [1.82, 2.24) is 14.9 Å². The molecule has 2 aromatic rings. The second-order valence-electron chi connectivity index (χ2n) is 3.51. The van der Waals surface area contributed by atoms with Gasteiger partial charge < -0.3 is 4.90 Å². The van der Waals surface area contributed by atoms with Crippen LogP contribution >= 0.6 is 11.3 Å². The van der Waals surface area contributed by atoms with Crippen molar-refractivity contribution in [3.05, 3.63) is 46.4 Å². The molecule has 0 spiro atoms. The number of pyridine rings is 1. The van der Waals surface area contributed by atoms with Crippen molar-refractivity contribution >= 4 is 17.2 Å². The predicted octanol–water partition coefficient (Wildman–Crippen LogP) is 1.95. The molecule has 0 aliphatic carbocycles. The van der Waals surface area contributed by atoms with E-state index >= 15 is 0 Å². The van der Waals surface area contributed by atoms with Gasteiger partial charge in [-0.15, -0.1) is 11.3 Å². The smallest absolute Gasteiger partial charge is 0.254 e. The van der Waals surface area contributed by atoms with Gasteiger partial charge in [-0.3, -0.25) is 4.79 Å². The standard InChI is InChI=1S/C11H10FN3OS/c1-15(5-9-6-17-7-14-9)11(16)8-2-3-13-10(12)4-8/h2-4,6-7H,5H2,1H3. The predicted molar refractivity (Wildman–Crippen MR) is 62.1 cm³/mol. The summed E-state index contributed by atoms with van der Waals surface area (Å²) in [5, 5.41) is 1.87. The molecule has 0 bridgehead atoms. The number of aromatic nitrogens is 2.